The number of carbonyl (C=O) groups is 1. The molecule has 156 valence electrons. The van der Waals surface area contributed by atoms with Crippen molar-refractivity contribution in [2.24, 2.45) is 5.92 Å². The summed E-state index contributed by atoms with van der Waals surface area (Å²) in [7, 11) is 3.96. The third kappa shape index (κ3) is 5.92. The average Bonchev–Trinajstić information content (AvgIpc) is 2.75. The van der Waals surface area contributed by atoms with E-state index in [4.69, 9.17) is 0 Å². The van der Waals surface area contributed by atoms with Gasteiger partial charge in [-0.25, -0.2) is 4.98 Å². The van der Waals surface area contributed by atoms with Crippen molar-refractivity contribution in [1.82, 2.24) is 15.3 Å². The predicted octanol–water partition coefficient (Wildman–Crippen LogP) is 3.82. The number of nitrogens with zero attached hydrogens (tertiary/aromatic N) is 3. The molecular weight excluding hydrogens is 362 g/mol. The van der Waals surface area contributed by atoms with Crippen LogP contribution in [0.2, 0.25) is 0 Å². The molecule has 0 bridgehead atoms. The van der Waals surface area contributed by atoms with Gasteiger partial charge in [-0.15, -0.1) is 0 Å². The van der Waals surface area contributed by atoms with Crippen LogP contribution in [0.1, 0.15) is 50.5 Å². The molecule has 3 rings (SSSR count). The third-order valence-corrected chi connectivity index (χ3v) is 5.77. The lowest BCUT2D eigenvalue weighted by molar-refractivity contribution is -0.122. The van der Waals surface area contributed by atoms with E-state index in [9.17, 15) is 4.79 Å². The van der Waals surface area contributed by atoms with E-state index in [0.717, 1.165) is 50.0 Å². The molecule has 1 fully saturated rings. The van der Waals surface area contributed by atoms with Gasteiger partial charge >= 0.3 is 0 Å². The van der Waals surface area contributed by atoms with E-state index in [0.29, 0.717) is 17.9 Å². The first-order valence-electron chi connectivity index (χ1n) is 10.7. The fourth-order valence-corrected chi connectivity index (χ4v) is 3.99. The lowest BCUT2D eigenvalue weighted by atomic mass is 9.85. The molecule has 2 aromatic rings. The first-order chi connectivity index (χ1) is 14.1. The van der Waals surface area contributed by atoms with Crippen LogP contribution in [0.4, 0.5) is 11.8 Å². The second-order valence-electron chi connectivity index (χ2n) is 8.11. The van der Waals surface area contributed by atoms with Gasteiger partial charge in [0.2, 0.25) is 11.9 Å². The molecule has 0 spiro atoms. The van der Waals surface area contributed by atoms with Crippen LogP contribution in [0, 0.1) is 5.92 Å². The fourth-order valence-electron chi connectivity index (χ4n) is 3.99. The van der Waals surface area contributed by atoms with Crippen molar-refractivity contribution < 1.29 is 4.79 Å². The highest BCUT2D eigenvalue weighted by Crippen LogP contribution is 2.26. The maximum atomic E-state index is 12.7. The largest absolute Gasteiger partial charge is 0.363 e. The molecule has 1 aromatic heterocycles. The number of nitrogens with one attached hydrogen (secondary N) is 2. The van der Waals surface area contributed by atoms with E-state index in [-0.39, 0.29) is 11.8 Å². The zero-order valence-electron chi connectivity index (χ0n) is 17.8. The van der Waals surface area contributed by atoms with Crippen LogP contribution >= 0.6 is 0 Å². The van der Waals surface area contributed by atoms with Crippen molar-refractivity contribution in [3.05, 3.63) is 48.2 Å². The standard InChI is InChI=1S/C23H33N5O/c1-4-20(18-8-6-5-7-9-18)22(29)25-16-17-10-12-19(13-11-17)26-23-24-15-14-21(27-23)28(2)3/h5-9,14-15,17,19-20H,4,10-13,16H2,1-3H3,(H,25,29)(H,24,26,27). The second kappa shape index (κ2) is 10.2. The van der Waals surface area contributed by atoms with Crippen LogP contribution in [-0.2, 0) is 4.79 Å². The molecule has 0 saturated heterocycles. The Labute approximate surface area is 174 Å². The SMILES string of the molecule is CCC(C(=O)NCC1CCC(Nc2nccc(N(C)C)n2)CC1)c1ccccc1. The Morgan fingerprint density at radius 1 is 1.14 bits per heavy atom. The summed E-state index contributed by atoms with van der Waals surface area (Å²) in [6.07, 6.45) is 6.97. The highest BCUT2D eigenvalue weighted by Gasteiger charge is 2.24. The summed E-state index contributed by atoms with van der Waals surface area (Å²) in [5, 5.41) is 6.67. The zero-order chi connectivity index (χ0) is 20.6. The number of benzene rings is 1. The predicted molar refractivity (Wildman–Crippen MR) is 118 cm³/mol. The molecule has 0 radical (unpaired) electrons. The molecule has 1 saturated carbocycles. The smallest absolute Gasteiger partial charge is 0.227 e. The van der Waals surface area contributed by atoms with Gasteiger partial charge in [0.05, 0.1) is 5.92 Å². The molecule has 0 aliphatic heterocycles. The van der Waals surface area contributed by atoms with Crippen LogP contribution in [0.3, 0.4) is 0 Å². The van der Waals surface area contributed by atoms with E-state index in [1.54, 1.807) is 6.20 Å². The summed E-state index contributed by atoms with van der Waals surface area (Å²) < 4.78 is 0. The van der Waals surface area contributed by atoms with Gasteiger partial charge in [0.25, 0.3) is 0 Å². The number of amides is 1. The van der Waals surface area contributed by atoms with E-state index in [2.05, 4.69) is 27.5 Å². The summed E-state index contributed by atoms with van der Waals surface area (Å²) in [6, 6.07) is 12.4. The van der Waals surface area contributed by atoms with Crippen molar-refractivity contribution >= 4 is 17.7 Å². The topological polar surface area (TPSA) is 70.2 Å². The van der Waals surface area contributed by atoms with Crippen LogP contribution in [0.5, 0.6) is 0 Å². The number of anilines is 2. The Hall–Kier alpha value is -2.63. The van der Waals surface area contributed by atoms with E-state index in [1.807, 2.05) is 55.4 Å². The van der Waals surface area contributed by atoms with Crippen LogP contribution in [0.25, 0.3) is 0 Å². The maximum Gasteiger partial charge on any atom is 0.227 e. The van der Waals surface area contributed by atoms with Gasteiger partial charge in [-0.3, -0.25) is 4.79 Å². The monoisotopic (exact) mass is 395 g/mol. The molecule has 29 heavy (non-hydrogen) atoms. The minimum Gasteiger partial charge on any atom is -0.363 e. The summed E-state index contributed by atoms with van der Waals surface area (Å²) >= 11 is 0. The van der Waals surface area contributed by atoms with E-state index < -0.39 is 0 Å². The van der Waals surface area contributed by atoms with Gasteiger partial charge in [-0.05, 0) is 49.7 Å². The number of carbonyl (C=O) groups excluding carboxylic acids is 1. The second-order valence-corrected chi connectivity index (χ2v) is 8.11. The van der Waals surface area contributed by atoms with Crippen molar-refractivity contribution in [1.29, 1.82) is 0 Å². The average molecular weight is 396 g/mol. The van der Waals surface area contributed by atoms with Crippen LogP contribution < -0.4 is 15.5 Å². The van der Waals surface area contributed by atoms with Gasteiger partial charge in [0, 0.05) is 32.9 Å². The van der Waals surface area contributed by atoms with Crippen LogP contribution in [0.15, 0.2) is 42.6 Å². The molecule has 1 aliphatic carbocycles. The molecule has 1 aromatic carbocycles. The van der Waals surface area contributed by atoms with Gasteiger partial charge < -0.3 is 15.5 Å². The number of rotatable bonds is 8. The maximum absolute atomic E-state index is 12.7. The van der Waals surface area contributed by atoms with Gasteiger partial charge in [0.15, 0.2) is 0 Å². The van der Waals surface area contributed by atoms with E-state index in [1.165, 1.54) is 0 Å². The molecule has 6 heteroatoms. The summed E-state index contributed by atoms with van der Waals surface area (Å²) in [4.78, 5) is 23.5. The molecule has 1 aliphatic rings. The summed E-state index contributed by atoms with van der Waals surface area (Å²) in [6.45, 7) is 2.84. The Bertz CT molecular complexity index is 772. The molecule has 1 amide bonds. The first kappa shape index (κ1) is 21.1. The number of hydrogen-bond acceptors (Lipinski definition) is 5. The summed E-state index contributed by atoms with van der Waals surface area (Å²) in [5.41, 5.74) is 1.10. The molecular formula is C23H33N5O. The number of aromatic nitrogens is 2. The summed E-state index contributed by atoms with van der Waals surface area (Å²) in [5.74, 6) is 2.23. The lowest BCUT2D eigenvalue weighted by Gasteiger charge is -2.29. The van der Waals surface area contributed by atoms with Gasteiger partial charge in [-0.1, -0.05) is 37.3 Å². The van der Waals surface area contributed by atoms with Gasteiger partial charge in [-0.2, -0.15) is 4.98 Å². The third-order valence-electron chi connectivity index (χ3n) is 5.77. The van der Waals surface area contributed by atoms with Crippen molar-refractivity contribution in [2.45, 2.75) is 51.0 Å². The Morgan fingerprint density at radius 3 is 2.52 bits per heavy atom. The molecule has 1 unspecified atom stereocenters. The van der Waals surface area contributed by atoms with E-state index >= 15 is 0 Å². The Kier molecular flexibility index (Phi) is 7.44. The quantitative estimate of drug-likeness (QED) is 0.711. The molecule has 1 atom stereocenters. The van der Waals surface area contributed by atoms with Crippen molar-refractivity contribution in [3.63, 3.8) is 0 Å². The zero-order valence-corrected chi connectivity index (χ0v) is 17.8. The fraction of sp³-hybridized carbons (Fsp3) is 0.522. The molecule has 2 N–H and O–H groups in total. The minimum absolute atomic E-state index is 0.0599. The minimum atomic E-state index is -0.0599. The van der Waals surface area contributed by atoms with Crippen molar-refractivity contribution in [2.75, 3.05) is 30.9 Å². The van der Waals surface area contributed by atoms with Gasteiger partial charge in [0.1, 0.15) is 5.82 Å². The Morgan fingerprint density at radius 2 is 1.86 bits per heavy atom. The molecule has 1 heterocycles. The Balaban J connectivity index is 1.44. The molecule has 6 nitrogen and oxygen atoms in total. The normalized spacial score (nSPS) is 20.0. The first-order valence-corrected chi connectivity index (χ1v) is 10.7. The highest BCUT2D eigenvalue weighted by molar-refractivity contribution is 5.83. The van der Waals surface area contributed by atoms with Crippen molar-refractivity contribution in [3.8, 4) is 0 Å². The van der Waals surface area contributed by atoms with Crippen LogP contribution in [-0.4, -0.2) is 42.6 Å². The number of hydrogen-bond donors (Lipinski definition) is 2. The lowest BCUT2D eigenvalue weighted by Crippen LogP contribution is -2.36. The highest BCUT2D eigenvalue weighted by atomic mass is 16.1.